The van der Waals surface area contributed by atoms with Gasteiger partial charge in [-0.3, -0.25) is 4.90 Å². The lowest BCUT2D eigenvalue weighted by Crippen LogP contribution is -2.46. The largest absolute Gasteiger partial charge is 0.465 e. The highest BCUT2D eigenvalue weighted by molar-refractivity contribution is 7.05. The molecular weight excluding hydrogens is 236 g/mol. The van der Waals surface area contributed by atoms with Crippen LogP contribution in [0.3, 0.4) is 0 Å². The molecule has 1 rings (SSSR count). The minimum absolute atomic E-state index is 0.218. The predicted octanol–water partition coefficient (Wildman–Crippen LogP) is 3.55. The molecular formula is C12H20N2O2S. The van der Waals surface area contributed by atoms with E-state index in [0.717, 1.165) is 12.1 Å². The Labute approximate surface area is 106 Å². The van der Waals surface area contributed by atoms with E-state index in [9.17, 15) is 9.90 Å². The van der Waals surface area contributed by atoms with Crippen molar-refractivity contribution in [1.29, 1.82) is 0 Å². The van der Waals surface area contributed by atoms with Crippen molar-refractivity contribution < 1.29 is 9.90 Å². The fourth-order valence-corrected chi connectivity index (χ4v) is 2.59. The lowest BCUT2D eigenvalue weighted by Gasteiger charge is -2.37. The molecule has 0 saturated carbocycles. The lowest BCUT2D eigenvalue weighted by atomic mass is 10.0. The summed E-state index contributed by atoms with van der Waals surface area (Å²) in [5.41, 5.74) is 0.408. The van der Waals surface area contributed by atoms with Gasteiger partial charge in [-0.1, -0.05) is 6.92 Å². The van der Waals surface area contributed by atoms with Crippen LogP contribution < -0.4 is 0 Å². The number of nitrogens with zero attached hydrogens (tertiary/aromatic N) is 2. The van der Waals surface area contributed by atoms with E-state index in [0.29, 0.717) is 0 Å². The summed E-state index contributed by atoms with van der Waals surface area (Å²) < 4.78 is 4.34. The van der Waals surface area contributed by atoms with Crippen LogP contribution in [0, 0.1) is 0 Å². The first-order valence-electron chi connectivity index (χ1n) is 5.75. The summed E-state index contributed by atoms with van der Waals surface area (Å²) >= 11 is 1.45. The molecule has 0 radical (unpaired) electrons. The van der Waals surface area contributed by atoms with Gasteiger partial charge in [-0.05, 0) is 51.7 Å². The molecule has 1 heterocycles. The van der Waals surface area contributed by atoms with Gasteiger partial charge in [0.25, 0.3) is 0 Å². The first kappa shape index (κ1) is 14.0. The van der Waals surface area contributed by atoms with E-state index in [4.69, 9.17) is 0 Å². The Morgan fingerprint density at radius 1 is 1.59 bits per heavy atom. The Kier molecular flexibility index (Phi) is 4.14. The van der Waals surface area contributed by atoms with Crippen LogP contribution in [0.15, 0.2) is 6.07 Å². The summed E-state index contributed by atoms with van der Waals surface area (Å²) in [7, 11) is 0. The molecule has 1 unspecified atom stereocenters. The van der Waals surface area contributed by atoms with Gasteiger partial charge in [0.05, 0.1) is 11.7 Å². The number of aryl methyl sites for hydroxylation is 1. The zero-order chi connectivity index (χ0) is 13.2. The molecule has 0 bridgehead atoms. The highest BCUT2D eigenvalue weighted by atomic mass is 32.1. The van der Waals surface area contributed by atoms with Crippen LogP contribution in [-0.2, 0) is 6.42 Å². The molecule has 0 spiro atoms. The molecule has 0 saturated heterocycles. The Bertz CT molecular complexity index is 395. The third kappa shape index (κ3) is 3.19. The maximum absolute atomic E-state index is 11.3. The number of amides is 1. The molecule has 0 aliphatic rings. The minimum atomic E-state index is -0.906. The third-order valence-corrected chi connectivity index (χ3v) is 3.61. The maximum Gasteiger partial charge on any atom is 0.408 e. The summed E-state index contributed by atoms with van der Waals surface area (Å²) in [6.07, 6.45) is 0.0310. The summed E-state index contributed by atoms with van der Waals surface area (Å²) in [6, 6.07) is 1.78. The second kappa shape index (κ2) is 5.04. The highest BCUT2D eigenvalue weighted by Gasteiger charge is 2.32. The van der Waals surface area contributed by atoms with Crippen molar-refractivity contribution in [2.45, 2.75) is 52.6 Å². The van der Waals surface area contributed by atoms with Gasteiger partial charge in [-0.25, -0.2) is 4.79 Å². The molecule has 4 nitrogen and oxygen atoms in total. The van der Waals surface area contributed by atoms with Gasteiger partial charge in [0, 0.05) is 10.4 Å². The van der Waals surface area contributed by atoms with Gasteiger partial charge in [-0.15, -0.1) is 0 Å². The van der Waals surface area contributed by atoms with Crippen molar-refractivity contribution in [3.05, 3.63) is 16.6 Å². The first-order valence-corrected chi connectivity index (χ1v) is 6.52. The second-order valence-electron chi connectivity index (χ2n) is 5.07. The van der Waals surface area contributed by atoms with E-state index in [1.807, 2.05) is 33.8 Å². The van der Waals surface area contributed by atoms with Crippen molar-refractivity contribution in [3.8, 4) is 0 Å². The molecule has 0 aliphatic carbocycles. The average molecular weight is 256 g/mol. The zero-order valence-electron chi connectivity index (χ0n) is 11.0. The zero-order valence-corrected chi connectivity index (χ0v) is 11.8. The fraction of sp³-hybridized carbons (Fsp3) is 0.667. The van der Waals surface area contributed by atoms with Gasteiger partial charge >= 0.3 is 6.09 Å². The van der Waals surface area contributed by atoms with Gasteiger partial charge in [0.2, 0.25) is 0 Å². The summed E-state index contributed by atoms with van der Waals surface area (Å²) in [6.45, 7) is 9.63. The molecule has 0 aromatic carbocycles. The molecule has 1 aromatic rings. The summed E-state index contributed by atoms with van der Waals surface area (Å²) in [5.74, 6) is 0. The molecule has 5 heteroatoms. The van der Waals surface area contributed by atoms with E-state index in [1.54, 1.807) is 0 Å². The second-order valence-corrected chi connectivity index (χ2v) is 5.96. The molecule has 1 N–H and O–H groups in total. The normalized spacial score (nSPS) is 13.5. The predicted molar refractivity (Wildman–Crippen MR) is 69.5 cm³/mol. The van der Waals surface area contributed by atoms with Crippen molar-refractivity contribution in [3.63, 3.8) is 0 Å². The third-order valence-electron chi connectivity index (χ3n) is 2.67. The maximum atomic E-state index is 11.3. The Morgan fingerprint density at radius 2 is 2.18 bits per heavy atom. The lowest BCUT2D eigenvalue weighted by molar-refractivity contribution is 0.0743. The minimum Gasteiger partial charge on any atom is -0.465 e. The van der Waals surface area contributed by atoms with Crippen LogP contribution in [0.2, 0.25) is 0 Å². The quantitative estimate of drug-likeness (QED) is 0.899. The Morgan fingerprint density at radius 3 is 2.53 bits per heavy atom. The van der Waals surface area contributed by atoms with E-state index in [1.165, 1.54) is 21.3 Å². The molecule has 1 amide bonds. The van der Waals surface area contributed by atoms with E-state index in [2.05, 4.69) is 11.3 Å². The topological polar surface area (TPSA) is 53.4 Å². The van der Waals surface area contributed by atoms with Crippen molar-refractivity contribution in [1.82, 2.24) is 9.27 Å². The van der Waals surface area contributed by atoms with Crippen LogP contribution in [-0.4, -0.2) is 26.0 Å². The molecule has 1 atom stereocenters. The van der Waals surface area contributed by atoms with E-state index < -0.39 is 11.6 Å². The molecule has 96 valence electrons. The number of carbonyl (C=O) groups is 1. The van der Waals surface area contributed by atoms with Crippen molar-refractivity contribution >= 4 is 17.6 Å². The van der Waals surface area contributed by atoms with E-state index in [-0.39, 0.29) is 6.04 Å². The van der Waals surface area contributed by atoms with Gasteiger partial charge < -0.3 is 5.11 Å². The van der Waals surface area contributed by atoms with Crippen LogP contribution in [0.5, 0.6) is 0 Å². The number of hydrogen-bond donors (Lipinski definition) is 1. The van der Waals surface area contributed by atoms with Gasteiger partial charge in [0.15, 0.2) is 0 Å². The number of rotatable bonds is 3. The Hall–Kier alpha value is -1.10. The standard InChI is InChI=1S/C12H20N2O2S/c1-6-9-7-10(13-17-9)8(2)14(11(15)16)12(3,4)5/h7-8H,6H2,1-5H3,(H,15,16). The molecule has 0 fully saturated rings. The number of hydrogen-bond acceptors (Lipinski definition) is 3. The smallest absolute Gasteiger partial charge is 0.408 e. The molecule has 0 aliphatic heterocycles. The average Bonchev–Trinajstić information content (AvgIpc) is 2.62. The SMILES string of the molecule is CCc1cc(C(C)N(C(=O)O)C(C)(C)C)ns1. The number of aromatic nitrogens is 1. The number of carboxylic acid groups (broad SMARTS) is 1. The van der Waals surface area contributed by atoms with Gasteiger partial charge in [-0.2, -0.15) is 4.37 Å². The Balaban J connectivity index is 3.00. The summed E-state index contributed by atoms with van der Waals surface area (Å²) in [4.78, 5) is 14.0. The monoisotopic (exact) mass is 256 g/mol. The van der Waals surface area contributed by atoms with Crippen LogP contribution in [0.25, 0.3) is 0 Å². The highest BCUT2D eigenvalue weighted by Crippen LogP contribution is 2.28. The van der Waals surface area contributed by atoms with Crippen LogP contribution >= 0.6 is 11.5 Å². The van der Waals surface area contributed by atoms with Crippen molar-refractivity contribution in [2.24, 2.45) is 0 Å². The van der Waals surface area contributed by atoms with E-state index >= 15 is 0 Å². The summed E-state index contributed by atoms with van der Waals surface area (Å²) in [5, 5.41) is 9.31. The fourth-order valence-electron chi connectivity index (χ4n) is 1.86. The molecule has 17 heavy (non-hydrogen) atoms. The van der Waals surface area contributed by atoms with Crippen LogP contribution in [0.1, 0.15) is 51.2 Å². The van der Waals surface area contributed by atoms with Crippen LogP contribution in [0.4, 0.5) is 4.79 Å². The molecule has 1 aromatic heterocycles. The van der Waals surface area contributed by atoms with Gasteiger partial charge in [0.1, 0.15) is 0 Å². The van der Waals surface area contributed by atoms with Crippen molar-refractivity contribution in [2.75, 3.05) is 0 Å². The first-order chi connectivity index (χ1) is 7.77.